The molecule has 1 aliphatic carbocycles. The molecule has 0 aromatic heterocycles. The molecule has 0 unspecified atom stereocenters. The lowest BCUT2D eigenvalue weighted by Gasteiger charge is -2.31. The average molecular weight is 328 g/mol. The fourth-order valence-electron chi connectivity index (χ4n) is 2.98. The summed E-state index contributed by atoms with van der Waals surface area (Å²) in [6.07, 6.45) is 5.32. The minimum Gasteiger partial charge on any atom is -0.452 e. The number of ether oxygens (including phenoxy) is 1. The number of esters is 1. The Labute approximate surface area is 140 Å². The van der Waals surface area contributed by atoms with Gasteiger partial charge in [-0.05, 0) is 38.3 Å². The number of hydrogen-bond donors (Lipinski definition) is 1. The average Bonchev–Trinajstić information content (AvgIpc) is 2.61. The molecule has 6 nitrogen and oxygen atoms in total. The van der Waals surface area contributed by atoms with Crippen LogP contribution in [0.5, 0.6) is 0 Å². The number of carbonyl (C=O) groups is 3. The summed E-state index contributed by atoms with van der Waals surface area (Å²) in [5.74, 6) is -1.20. The van der Waals surface area contributed by atoms with Crippen molar-refractivity contribution in [1.82, 2.24) is 0 Å². The van der Waals surface area contributed by atoms with Crippen LogP contribution in [0.25, 0.3) is 0 Å². The van der Waals surface area contributed by atoms with Gasteiger partial charge in [-0.25, -0.2) is 0 Å². The van der Waals surface area contributed by atoms with Crippen LogP contribution < -0.4 is 10.2 Å². The van der Waals surface area contributed by atoms with Crippen molar-refractivity contribution in [3.05, 3.63) is 36.4 Å². The number of amides is 2. The van der Waals surface area contributed by atoms with Crippen molar-refractivity contribution in [3.8, 4) is 0 Å². The molecule has 3 rings (SSSR count). The zero-order valence-corrected chi connectivity index (χ0v) is 13.5. The van der Waals surface area contributed by atoms with Gasteiger partial charge in [0.15, 0.2) is 6.10 Å². The molecule has 1 N–H and O–H groups in total. The highest BCUT2D eigenvalue weighted by atomic mass is 16.5. The zero-order valence-electron chi connectivity index (χ0n) is 13.5. The van der Waals surface area contributed by atoms with Gasteiger partial charge in [-0.15, -0.1) is 0 Å². The summed E-state index contributed by atoms with van der Waals surface area (Å²) in [5, 5.41) is 2.73. The quantitative estimate of drug-likeness (QED) is 0.682. The van der Waals surface area contributed by atoms with Gasteiger partial charge in [0.25, 0.3) is 5.91 Å². The molecule has 1 aliphatic heterocycles. The van der Waals surface area contributed by atoms with E-state index in [0.717, 1.165) is 12.8 Å². The molecule has 126 valence electrons. The van der Waals surface area contributed by atoms with E-state index in [1.54, 1.807) is 31.2 Å². The van der Waals surface area contributed by atoms with Crippen LogP contribution in [-0.2, 0) is 19.1 Å². The van der Waals surface area contributed by atoms with E-state index in [4.69, 9.17) is 4.74 Å². The van der Waals surface area contributed by atoms with Crippen molar-refractivity contribution in [2.45, 2.75) is 32.3 Å². The van der Waals surface area contributed by atoms with E-state index in [0.29, 0.717) is 17.8 Å². The maximum atomic E-state index is 12.7. The molecular weight excluding hydrogens is 308 g/mol. The number of carbonyl (C=O) groups excluding carboxylic acids is 3. The van der Waals surface area contributed by atoms with Gasteiger partial charge >= 0.3 is 5.97 Å². The second-order valence-corrected chi connectivity index (χ2v) is 6.05. The molecule has 0 saturated carbocycles. The maximum absolute atomic E-state index is 12.7. The monoisotopic (exact) mass is 328 g/mol. The number of nitrogens with zero attached hydrogens (tertiary/aromatic N) is 1. The first-order valence-electron chi connectivity index (χ1n) is 8.12. The van der Waals surface area contributed by atoms with Crippen LogP contribution in [0.4, 0.5) is 11.4 Å². The lowest BCUT2D eigenvalue weighted by Crippen LogP contribution is -2.47. The van der Waals surface area contributed by atoms with Crippen LogP contribution in [0, 0.1) is 5.92 Å². The van der Waals surface area contributed by atoms with E-state index in [1.165, 1.54) is 4.90 Å². The molecule has 2 amide bonds. The molecule has 1 aromatic rings. The number of nitrogens with one attached hydrogen (secondary N) is 1. The van der Waals surface area contributed by atoms with Crippen LogP contribution >= 0.6 is 0 Å². The highest BCUT2D eigenvalue weighted by molar-refractivity contribution is 6.11. The van der Waals surface area contributed by atoms with Crippen molar-refractivity contribution in [1.29, 1.82) is 0 Å². The number of para-hydroxylation sites is 2. The van der Waals surface area contributed by atoms with Gasteiger partial charge in [0.1, 0.15) is 6.54 Å². The standard InChI is InChI=1S/C18H20N2O4/c1-12(24-18(23)13-7-3-2-4-8-13)17(22)20-11-16(21)19-14-9-5-6-10-15(14)20/h2-3,5-6,9-10,12-13H,4,7-8,11H2,1H3,(H,19,21)/t12-,13-/m0/s1. The van der Waals surface area contributed by atoms with Crippen molar-refractivity contribution in [2.75, 3.05) is 16.8 Å². The van der Waals surface area contributed by atoms with E-state index < -0.39 is 12.0 Å². The van der Waals surface area contributed by atoms with E-state index in [2.05, 4.69) is 5.32 Å². The first-order chi connectivity index (χ1) is 11.6. The molecule has 1 heterocycles. The first-order valence-corrected chi connectivity index (χ1v) is 8.12. The number of rotatable bonds is 3. The summed E-state index contributed by atoms with van der Waals surface area (Å²) in [4.78, 5) is 38.1. The van der Waals surface area contributed by atoms with Crippen LogP contribution in [0.1, 0.15) is 26.2 Å². The van der Waals surface area contributed by atoms with Gasteiger partial charge in [0.2, 0.25) is 5.91 Å². The Hall–Kier alpha value is -2.63. The van der Waals surface area contributed by atoms with Crippen LogP contribution in [0.3, 0.4) is 0 Å². The van der Waals surface area contributed by atoms with Crippen molar-refractivity contribution < 1.29 is 19.1 Å². The first kappa shape index (κ1) is 16.2. The summed E-state index contributed by atoms with van der Waals surface area (Å²) < 4.78 is 5.36. The molecule has 0 fully saturated rings. The third-order valence-electron chi connectivity index (χ3n) is 4.28. The Kier molecular flexibility index (Phi) is 4.64. The van der Waals surface area contributed by atoms with E-state index in [-0.39, 0.29) is 24.3 Å². The van der Waals surface area contributed by atoms with Crippen LogP contribution in [0.2, 0.25) is 0 Å². The Morgan fingerprint density at radius 1 is 1.29 bits per heavy atom. The van der Waals surface area contributed by atoms with Gasteiger partial charge in [-0.2, -0.15) is 0 Å². The molecule has 2 atom stereocenters. The van der Waals surface area contributed by atoms with Gasteiger partial charge in [0, 0.05) is 0 Å². The van der Waals surface area contributed by atoms with E-state index >= 15 is 0 Å². The topological polar surface area (TPSA) is 75.7 Å². The predicted octanol–water partition coefficient (Wildman–Crippen LogP) is 2.26. The molecule has 0 bridgehead atoms. The number of hydrogen-bond acceptors (Lipinski definition) is 4. The summed E-state index contributed by atoms with van der Waals surface area (Å²) in [5.41, 5.74) is 1.20. The van der Waals surface area contributed by atoms with Crippen molar-refractivity contribution >= 4 is 29.2 Å². The van der Waals surface area contributed by atoms with Gasteiger partial charge in [-0.1, -0.05) is 24.3 Å². The highest BCUT2D eigenvalue weighted by Crippen LogP contribution is 2.29. The highest BCUT2D eigenvalue weighted by Gasteiger charge is 2.32. The third kappa shape index (κ3) is 3.32. The fraction of sp³-hybridized carbons (Fsp3) is 0.389. The Balaban J connectivity index is 1.70. The number of allylic oxidation sites excluding steroid dienone is 2. The van der Waals surface area contributed by atoms with Gasteiger partial charge < -0.3 is 10.1 Å². The summed E-state index contributed by atoms with van der Waals surface area (Å²) in [6.45, 7) is 1.47. The molecule has 24 heavy (non-hydrogen) atoms. The lowest BCUT2D eigenvalue weighted by atomic mass is 9.95. The molecule has 0 spiro atoms. The molecule has 0 saturated heterocycles. The minimum atomic E-state index is -0.928. The van der Waals surface area contributed by atoms with Crippen molar-refractivity contribution in [3.63, 3.8) is 0 Å². The largest absolute Gasteiger partial charge is 0.452 e. The maximum Gasteiger partial charge on any atom is 0.310 e. The SMILES string of the molecule is C[C@H](OC(=O)[C@H]1CC=CCC1)C(=O)N1CC(=O)Nc2ccccc21. The number of anilines is 2. The van der Waals surface area contributed by atoms with E-state index in [1.807, 2.05) is 12.2 Å². The zero-order chi connectivity index (χ0) is 17.1. The molecule has 2 aliphatic rings. The second kappa shape index (κ2) is 6.86. The van der Waals surface area contributed by atoms with Crippen LogP contribution in [-0.4, -0.2) is 30.4 Å². The number of benzene rings is 1. The smallest absolute Gasteiger partial charge is 0.310 e. The minimum absolute atomic E-state index is 0.0795. The Bertz CT molecular complexity index is 698. The van der Waals surface area contributed by atoms with Crippen molar-refractivity contribution in [2.24, 2.45) is 5.92 Å². The summed E-state index contributed by atoms with van der Waals surface area (Å²) in [6, 6.07) is 7.07. The Morgan fingerprint density at radius 3 is 2.83 bits per heavy atom. The predicted molar refractivity (Wildman–Crippen MR) is 89.5 cm³/mol. The second-order valence-electron chi connectivity index (χ2n) is 6.05. The number of fused-ring (bicyclic) bond motifs is 1. The fourth-order valence-corrected chi connectivity index (χ4v) is 2.98. The summed E-state index contributed by atoms with van der Waals surface area (Å²) in [7, 11) is 0. The normalized spacial score (nSPS) is 20.8. The summed E-state index contributed by atoms with van der Waals surface area (Å²) >= 11 is 0. The lowest BCUT2D eigenvalue weighted by molar-refractivity contribution is -0.158. The Morgan fingerprint density at radius 2 is 2.08 bits per heavy atom. The molecule has 6 heteroatoms. The molecular formula is C18H20N2O4. The van der Waals surface area contributed by atoms with Crippen LogP contribution in [0.15, 0.2) is 36.4 Å². The van der Waals surface area contributed by atoms with Gasteiger partial charge in [-0.3, -0.25) is 19.3 Å². The molecule has 0 radical (unpaired) electrons. The van der Waals surface area contributed by atoms with Gasteiger partial charge in [0.05, 0.1) is 17.3 Å². The van der Waals surface area contributed by atoms with E-state index in [9.17, 15) is 14.4 Å². The molecule has 1 aromatic carbocycles. The third-order valence-corrected chi connectivity index (χ3v) is 4.28.